The highest BCUT2D eigenvalue weighted by Crippen LogP contribution is 2.54. The van der Waals surface area contributed by atoms with Gasteiger partial charge in [0.15, 0.2) is 0 Å². The predicted molar refractivity (Wildman–Crippen MR) is 313 cm³/mol. The normalized spacial score (nSPS) is 14.0. The predicted octanol–water partition coefficient (Wildman–Crippen LogP) is 20.1. The molecular weight excluding hydrogens is 909 g/mol. The maximum absolute atomic E-state index is 2.57. The Labute approximate surface area is 428 Å². The molecule has 0 aliphatic heterocycles. The largest absolute Gasteiger partial charge is 0.310 e. The van der Waals surface area contributed by atoms with Gasteiger partial charge in [0.2, 0.25) is 0 Å². The molecule has 2 heterocycles. The first kappa shape index (κ1) is 42.6. The molecule has 1 atom stereocenters. The summed E-state index contributed by atoms with van der Waals surface area (Å²) in [7, 11) is 0. The fourth-order valence-corrected chi connectivity index (χ4v) is 14.1. The summed E-state index contributed by atoms with van der Waals surface area (Å²) in [4.78, 5) is 5.12. The van der Waals surface area contributed by atoms with E-state index in [4.69, 9.17) is 0 Å². The fourth-order valence-electron chi connectivity index (χ4n) is 11.6. The summed E-state index contributed by atoms with van der Waals surface area (Å²) in [5.74, 6) is 0.240. The number of hydrogen-bond acceptors (Lipinski definition) is 4. The van der Waals surface area contributed by atoms with Crippen LogP contribution in [0, 0.1) is 19.8 Å². The van der Waals surface area contributed by atoms with Gasteiger partial charge < -0.3 is 9.80 Å². The van der Waals surface area contributed by atoms with Gasteiger partial charge in [-0.2, -0.15) is 0 Å². The van der Waals surface area contributed by atoms with Crippen LogP contribution >= 0.6 is 22.7 Å². The lowest BCUT2D eigenvalue weighted by atomic mass is 9.78. The second kappa shape index (κ2) is 17.2. The number of thiophene rings is 2. The van der Waals surface area contributed by atoms with Gasteiger partial charge in [-0.1, -0.05) is 170 Å². The van der Waals surface area contributed by atoms with Crippen molar-refractivity contribution in [2.75, 3.05) is 9.80 Å². The van der Waals surface area contributed by atoms with Crippen molar-refractivity contribution in [2.24, 2.45) is 5.92 Å². The van der Waals surface area contributed by atoms with Gasteiger partial charge in [0, 0.05) is 85.3 Å². The lowest BCUT2D eigenvalue weighted by Crippen LogP contribution is -2.21. The number of allylic oxidation sites excluding steroid dienone is 5. The molecule has 0 bridgehead atoms. The van der Waals surface area contributed by atoms with Crippen LogP contribution in [0.15, 0.2) is 236 Å². The average Bonchev–Trinajstić information content (AvgIpc) is 4.01. The van der Waals surface area contributed by atoms with Gasteiger partial charge in [-0.25, -0.2) is 0 Å². The molecule has 2 aliphatic carbocycles. The third-order valence-electron chi connectivity index (χ3n) is 14.8. The second-order valence-corrected chi connectivity index (χ2v) is 21.4. The van der Waals surface area contributed by atoms with Gasteiger partial charge >= 0.3 is 0 Å². The van der Waals surface area contributed by atoms with E-state index in [2.05, 4.69) is 260 Å². The van der Waals surface area contributed by atoms with E-state index in [0.29, 0.717) is 0 Å². The molecular formula is C68H48N2S2. The van der Waals surface area contributed by atoms with Crippen LogP contribution < -0.4 is 9.80 Å². The van der Waals surface area contributed by atoms with Gasteiger partial charge in [-0.3, -0.25) is 0 Å². The van der Waals surface area contributed by atoms with E-state index >= 15 is 0 Å². The van der Waals surface area contributed by atoms with Crippen LogP contribution in [0.1, 0.15) is 22.3 Å². The monoisotopic (exact) mass is 956 g/mol. The number of nitrogens with zero attached hydrogens (tertiary/aromatic N) is 2. The minimum absolute atomic E-state index is 0.240. The van der Waals surface area contributed by atoms with Crippen LogP contribution in [0.3, 0.4) is 0 Å². The molecule has 2 aliphatic rings. The van der Waals surface area contributed by atoms with E-state index in [1.54, 1.807) is 0 Å². The van der Waals surface area contributed by atoms with E-state index in [9.17, 15) is 0 Å². The van der Waals surface area contributed by atoms with Crippen LogP contribution in [0.5, 0.6) is 0 Å². The minimum Gasteiger partial charge on any atom is -0.310 e. The quantitative estimate of drug-likeness (QED) is 0.140. The number of rotatable bonds is 8. The Morgan fingerprint density at radius 1 is 0.417 bits per heavy atom. The van der Waals surface area contributed by atoms with Crippen LogP contribution in [-0.4, -0.2) is 0 Å². The SMILES string of the molecule is Cc1cccc(N(c2cccc(-c3cccc4c3sc3ccccc34)c2)c2c3c(c(N(c4cccc(C)c4)c4cccc(-c5cccc6c5sc5ccccc56)c4)c4ccccc24)CC2C=CC=CC2=C3)c1. The van der Waals surface area contributed by atoms with Crippen molar-refractivity contribution in [3.63, 3.8) is 0 Å². The number of anilines is 6. The van der Waals surface area contributed by atoms with Crippen LogP contribution in [0.25, 0.3) is 79.4 Å². The molecule has 0 radical (unpaired) electrons. The first-order chi connectivity index (χ1) is 35.5. The molecule has 0 spiro atoms. The summed E-state index contributed by atoms with van der Waals surface area (Å²) < 4.78 is 5.27. The first-order valence-corrected chi connectivity index (χ1v) is 26.5. The highest BCUT2D eigenvalue weighted by Gasteiger charge is 2.33. The van der Waals surface area contributed by atoms with Gasteiger partial charge in [0.25, 0.3) is 0 Å². The molecule has 2 aromatic heterocycles. The lowest BCUT2D eigenvalue weighted by molar-refractivity contribution is 0.759. The van der Waals surface area contributed by atoms with Crippen molar-refractivity contribution in [2.45, 2.75) is 20.3 Å². The molecule has 0 saturated carbocycles. The van der Waals surface area contributed by atoms with Crippen molar-refractivity contribution in [3.8, 4) is 22.3 Å². The van der Waals surface area contributed by atoms with Crippen LogP contribution in [-0.2, 0) is 6.42 Å². The summed E-state index contributed by atoms with van der Waals surface area (Å²) >= 11 is 3.78. The molecule has 4 heteroatoms. The third-order valence-corrected chi connectivity index (χ3v) is 17.3. The molecule has 342 valence electrons. The third kappa shape index (κ3) is 7.05. The fraction of sp³-hybridized carbons (Fsp3) is 0.0588. The smallest absolute Gasteiger partial charge is 0.0616 e. The summed E-state index contributed by atoms with van der Waals surface area (Å²) in [5, 5.41) is 7.64. The summed E-state index contributed by atoms with van der Waals surface area (Å²) in [6.07, 6.45) is 12.5. The minimum atomic E-state index is 0.240. The maximum atomic E-state index is 2.57. The molecule has 0 N–H and O–H groups in total. The summed E-state index contributed by atoms with van der Waals surface area (Å²) in [5.41, 5.74) is 18.2. The van der Waals surface area contributed by atoms with E-state index in [0.717, 1.165) is 29.2 Å². The first-order valence-electron chi connectivity index (χ1n) is 24.9. The van der Waals surface area contributed by atoms with Crippen molar-refractivity contribution < 1.29 is 0 Å². The zero-order valence-corrected chi connectivity index (χ0v) is 41.6. The summed E-state index contributed by atoms with van der Waals surface area (Å²) in [6, 6.07) is 77.0. The van der Waals surface area contributed by atoms with Gasteiger partial charge in [-0.15, -0.1) is 22.7 Å². The Balaban J connectivity index is 1.03. The number of aryl methyl sites for hydroxylation is 2. The zero-order chi connectivity index (χ0) is 47.9. The van der Waals surface area contributed by atoms with E-state index in [1.807, 2.05) is 22.7 Å². The molecule has 2 nitrogen and oxygen atoms in total. The molecule has 72 heavy (non-hydrogen) atoms. The average molecular weight is 957 g/mol. The Bertz CT molecular complexity index is 4260. The van der Waals surface area contributed by atoms with E-state index in [1.165, 1.54) is 113 Å². The molecule has 0 amide bonds. The highest BCUT2D eigenvalue weighted by atomic mass is 32.1. The Morgan fingerprint density at radius 2 is 0.875 bits per heavy atom. The van der Waals surface area contributed by atoms with E-state index < -0.39 is 0 Å². The Kier molecular flexibility index (Phi) is 10.2. The number of fused-ring (bicyclic) bond motifs is 9. The lowest BCUT2D eigenvalue weighted by Gasteiger charge is -2.37. The molecule has 10 aromatic carbocycles. The van der Waals surface area contributed by atoms with Crippen molar-refractivity contribution in [1.29, 1.82) is 0 Å². The molecule has 0 fully saturated rings. The highest BCUT2D eigenvalue weighted by molar-refractivity contribution is 7.26. The summed E-state index contributed by atoms with van der Waals surface area (Å²) in [6.45, 7) is 4.41. The van der Waals surface area contributed by atoms with Crippen LogP contribution in [0.4, 0.5) is 34.1 Å². The van der Waals surface area contributed by atoms with Crippen molar-refractivity contribution in [1.82, 2.24) is 0 Å². The zero-order valence-electron chi connectivity index (χ0n) is 40.0. The van der Waals surface area contributed by atoms with Gasteiger partial charge in [0.1, 0.15) is 0 Å². The van der Waals surface area contributed by atoms with Gasteiger partial charge in [-0.05, 0) is 132 Å². The van der Waals surface area contributed by atoms with Gasteiger partial charge in [0.05, 0.1) is 11.4 Å². The topological polar surface area (TPSA) is 6.48 Å². The number of hydrogen-bond donors (Lipinski definition) is 0. The Morgan fingerprint density at radius 3 is 1.43 bits per heavy atom. The molecule has 14 rings (SSSR count). The molecule has 0 saturated heterocycles. The Hall–Kier alpha value is -8.28. The standard InChI is InChI=1S/C68H48N2S2/c1-43-17-11-23-49(37-43)69(51-25-13-21-47(39-51)53-31-15-33-59-55-27-7-9-35-63(55)71-67(53)59)65-57-29-5-6-30-58(57)66(62-42-46-20-4-3-19-45(46)41-61(62)65)70(50-24-12-18-44(2)38-50)52-26-14-22-48(40-52)54-32-16-34-60-56-28-8-10-36-64(56)72-68(54)60/h3-41,46H,42H2,1-2H3. The van der Waals surface area contributed by atoms with Crippen molar-refractivity contribution >= 4 is 114 Å². The molecule has 12 aromatic rings. The van der Waals surface area contributed by atoms with Crippen LogP contribution in [0.2, 0.25) is 0 Å². The van der Waals surface area contributed by atoms with E-state index in [-0.39, 0.29) is 5.92 Å². The number of benzene rings is 10. The van der Waals surface area contributed by atoms with Crippen molar-refractivity contribution in [3.05, 3.63) is 258 Å². The molecule has 1 unspecified atom stereocenters. The maximum Gasteiger partial charge on any atom is 0.0616 e. The second-order valence-electron chi connectivity index (χ2n) is 19.3.